The van der Waals surface area contributed by atoms with E-state index in [2.05, 4.69) is 9.99 Å². The van der Waals surface area contributed by atoms with Gasteiger partial charge < -0.3 is 9.94 Å². The molecule has 0 fully saturated rings. The lowest BCUT2D eigenvalue weighted by atomic mass is 10.0. The van der Waals surface area contributed by atoms with Crippen molar-refractivity contribution in [3.05, 3.63) is 72.3 Å². The van der Waals surface area contributed by atoms with Crippen molar-refractivity contribution in [1.29, 1.82) is 0 Å². The Bertz CT molecular complexity index is 980. The molecule has 1 atom stereocenters. The predicted molar refractivity (Wildman–Crippen MR) is 98.4 cm³/mol. The zero-order valence-electron chi connectivity index (χ0n) is 13.9. The van der Waals surface area contributed by atoms with E-state index in [0.29, 0.717) is 5.56 Å². The van der Waals surface area contributed by atoms with Crippen molar-refractivity contribution in [1.82, 2.24) is 0 Å². The van der Waals surface area contributed by atoms with Crippen LogP contribution < -0.4 is 0 Å². The van der Waals surface area contributed by atoms with Gasteiger partial charge in [0.2, 0.25) is 0 Å². The molecule has 3 nitrogen and oxygen atoms in total. The topological polar surface area (TPSA) is 41.8 Å². The minimum Gasteiger partial charge on any atom is -0.350 e. The van der Waals surface area contributed by atoms with Crippen molar-refractivity contribution in [3.63, 3.8) is 0 Å². The fourth-order valence-corrected chi connectivity index (χ4v) is 3.82. The fraction of sp³-hybridized carbons (Fsp3) is 0.150. The molecule has 0 saturated carbocycles. The van der Waals surface area contributed by atoms with Crippen LogP contribution in [0.4, 0.5) is 13.2 Å². The summed E-state index contributed by atoms with van der Waals surface area (Å²) >= 11 is 1.64. The van der Waals surface area contributed by atoms with Crippen LogP contribution in [-0.4, -0.2) is 22.8 Å². The van der Waals surface area contributed by atoms with Crippen LogP contribution in [-0.2, 0) is 4.84 Å². The van der Waals surface area contributed by atoms with E-state index in [1.165, 1.54) is 0 Å². The Morgan fingerprint density at radius 3 is 1.96 bits per heavy atom. The van der Waals surface area contributed by atoms with E-state index in [1.807, 2.05) is 54.6 Å². The first kappa shape index (κ1) is 17.8. The van der Waals surface area contributed by atoms with Crippen molar-refractivity contribution in [2.75, 3.05) is 0 Å². The number of rotatable bonds is 3. The molecule has 138 valence electrons. The van der Waals surface area contributed by atoms with Gasteiger partial charge in [0.15, 0.2) is 0 Å². The van der Waals surface area contributed by atoms with Crippen molar-refractivity contribution in [2.45, 2.75) is 18.4 Å². The summed E-state index contributed by atoms with van der Waals surface area (Å²) in [6.45, 7) is 0. The number of oxime groups is 1. The summed E-state index contributed by atoms with van der Waals surface area (Å²) in [5.41, 5.74) is 2.64. The van der Waals surface area contributed by atoms with E-state index < -0.39 is 18.4 Å². The summed E-state index contributed by atoms with van der Waals surface area (Å²) in [5, 5.41) is 13.0. The average Bonchev–Trinajstić information content (AvgIpc) is 3.30. The molecule has 1 aliphatic rings. The van der Waals surface area contributed by atoms with Gasteiger partial charge in [0, 0.05) is 9.75 Å². The van der Waals surface area contributed by atoms with Crippen LogP contribution >= 0.6 is 11.3 Å². The molecule has 0 aliphatic carbocycles. The zero-order chi connectivity index (χ0) is 19.1. The minimum atomic E-state index is -4.90. The second-order valence-corrected chi connectivity index (χ2v) is 7.28. The molecule has 2 aromatic carbocycles. The van der Waals surface area contributed by atoms with Gasteiger partial charge >= 0.3 is 12.0 Å². The summed E-state index contributed by atoms with van der Waals surface area (Å²) in [5.74, 6) is -3.25. The highest BCUT2D eigenvalue weighted by atomic mass is 32.1. The summed E-state index contributed by atoms with van der Waals surface area (Å²) in [6, 6.07) is 21.1. The van der Waals surface area contributed by atoms with Gasteiger partial charge in [-0.3, -0.25) is 0 Å². The van der Waals surface area contributed by atoms with Crippen molar-refractivity contribution >= 4 is 17.0 Å². The first-order chi connectivity index (χ1) is 12.9. The van der Waals surface area contributed by atoms with Crippen LogP contribution in [0.3, 0.4) is 0 Å². The second-order valence-electron chi connectivity index (χ2n) is 6.20. The fourth-order valence-electron chi connectivity index (χ4n) is 2.81. The monoisotopic (exact) mass is 389 g/mol. The molecule has 1 unspecified atom stereocenters. The lowest BCUT2D eigenvalue weighted by Gasteiger charge is -2.22. The molecule has 0 amide bonds. The lowest BCUT2D eigenvalue weighted by Crippen LogP contribution is -2.45. The van der Waals surface area contributed by atoms with E-state index in [4.69, 9.17) is 0 Å². The van der Waals surface area contributed by atoms with E-state index >= 15 is 0 Å². The number of halogens is 3. The molecular formula is C20H14F3NO2S. The maximum Gasteiger partial charge on any atom is 0.458 e. The highest BCUT2D eigenvalue weighted by molar-refractivity contribution is 7.18. The lowest BCUT2D eigenvalue weighted by molar-refractivity contribution is -0.355. The number of benzene rings is 2. The van der Waals surface area contributed by atoms with Crippen LogP contribution in [0.25, 0.3) is 20.9 Å². The molecule has 0 bridgehead atoms. The highest BCUT2D eigenvalue weighted by Crippen LogP contribution is 2.39. The molecule has 27 heavy (non-hydrogen) atoms. The standard InChI is InChI=1S/C20H14F3NO2S/c21-20(22,23)19(25)12-16(24-26-19)13-6-8-15(9-7-13)18-11-10-17(27-18)14-4-2-1-3-5-14/h1-11,25H,12H2. The first-order valence-corrected chi connectivity index (χ1v) is 8.98. The van der Waals surface area contributed by atoms with Crippen LogP contribution in [0.2, 0.25) is 0 Å². The molecule has 1 N–H and O–H groups in total. The van der Waals surface area contributed by atoms with Crippen molar-refractivity contribution in [2.24, 2.45) is 5.16 Å². The van der Waals surface area contributed by atoms with Gasteiger partial charge in [0.25, 0.3) is 0 Å². The molecule has 0 saturated heterocycles. The molecule has 1 aromatic heterocycles. The second kappa shape index (κ2) is 6.51. The van der Waals surface area contributed by atoms with Gasteiger partial charge in [-0.1, -0.05) is 59.8 Å². The third-order valence-electron chi connectivity index (χ3n) is 4.32. The van der Waals surface area contributed by atoms with Gasteiger partial charge in [0.05, 0.1) is 12.1 Å². The third-order valence-corrected chi connectivity index (χ3v) is 5.51. The van der Waals surface area contributed by atoms with E-state index in [9.17, 15) is 18.3 Å². The van der Waals surface area contributed by atoms with Crippen molar-refractivity contribution in [3.8, 4) is 20.9 Å². The Morgan fingerprint density at radius 2 is 1.41 bits per heavy atom. The maximum atomic E-state index is 12.8. The molecular weight excluding hydrogens is 375 g/mol. The minimum absolute atomic E-state index is 0.0672. The van der Waals surface area contributed by atoms with Crippen LogP contribution in [0, 0.1) is 0 Å². The van der Waals surface area contributed by atoms with Gasteiger partial charge in [-0.05, 0) is 28.8 Å². The summed E-state index contributed by atoms with van der Waals surface area (Å²) < 4.78 is 38.4. The van der Waals surface area contributed by atoms with Gasteiger partial charge in [-0.15, -0.1) is 11.3 Å². The molecule has 1 aliphatic heterocycles. The smallest absolute Gasteiger partial charge is 0.350 e. The summed E-state index contributed by atoms with van der Waals surface area (Å²) in [4.78, 5) is 6.45. The molecule has 0 radical (unpaired) electrons. The average molecular weight is 389 g/mol. The largest absolute Gasteiger partial charge is 0.458 e. The number of thiophene rings is 1. The van der Waals surface area contributed by atoms with E-state index in [1.54, 1.807) is 23.5 Å². The normalized spacial score (nSPS) is 19.6. The summed E-state index contributed by atoms with van der Waals surface area (Å²) in [6.07, 6.45) is -5.63. The molecule has 0 spiro atoms. The highest BCUT2D eigenvalue weighted by Gasteiger charge is 2.60. The number of hydrogen-bond donors (Lipinski definition) is 1. The Hall–Kier alpha value is -2.64. The van der Waals surface area contributed by atoms with E-state index in [0.717, 1.165) is 20.9 Å². The van der Waals surface area contributed by atoms with E-state index in [-0.39, 0.29) is 5.71 Å². The van der Waals surface area contributed by atoms with Crippen LogP contribution in [0.15, 0.2) is 71.9 Å². The van der Waals surface area contributed by atoms with Crippen LogP contribution in [0.5, 0.6) is 0 Å². The number of aliphatic hydroxyl groups is 1. The SMILES string of the molecule is OC1(C(F)(F)F)CC(c2ccc(-c3ccc(-c4ccccc4)s3)cc2)=NO1. The first-order valence-electron chi connectivity index (χ1n) is 8.16. The molecule has 4 rings (SSSR count). The number of hydrogen-bond acceptors (Lipinski definition) is 4. The van der Waals surface area contributed by atoms with Crippen LogP contribution in [0.1, 0.15) is 12.0 Å². The molecule has 7 heteroatoms. The van der Waals surface area contributed by atoms with Gasteiger partial charge in [-0.2, -0.15) is 13.2 Å². The zero-order valence-corrected chi connectivity index (χ0v) is 14.7. The Labute approximate surface area is 157 Å². The Morgan fingerprint density at radius 1 is 0.852 bits per heavy atom. The Balaban J connectivity index is 1.53. The maximum absolute atomic E-state index is 12.8. The summed E-state index contributed by atoms with van der Waals surface area (Å²) in [7, 11) is 0. The van der Waals surface area contributed by atoms with Gasteiger partial charge in [0.1, 0.15) is 0 Å². The molecule has 3 aromatic rings. The van der Waals surface area contributed by atoms with Gasteiger partial charge in [-0.25, -0.2) is 0 Å². The third kappa shape index (κ3) is 3.36. The Kier molecular flexibility index (Phi) is 4.28. The molecule has 2 heterocycles. The number of alkyl halides is 3. The van der Waals surface area contributed by atoms with Crippen molar-refractivity contribution < 1.29 is 23.1 Å². The quantitative estimate of drug-likeness (QED) is 0.647. The predicted octanol–water partition coefficient (Wildman–Crippen LogP) is 5.46. The number of nitrogens with zero attached hydrogens (tertiary/aromatic N) is 1.